The van der Waals surface area contributed by atoms with E-state index >= 15 is 0 Å². The number of allylic oxidation sites excluding steroid dienone is 4. The van der Waals surface area contributed by atoms with Gasteiger partial charge < -0.3 is 62.3 Å². The molecule has 410 valence electrons. The molecule has 1 aromatic rings. The summed E-state index contributed by atoms with van der Waals surface area (Å²) in [6.45, 7) is 14.9. The molecule has 75 heavy (non-hydrogen) atoms. The smallest absolute Gasteiger partial charge is 0.405 e. The maximum Gasteiger partial charge on any atom is 0.405 e. The minimum Gasteiger partial charge on any atom is -0.439 e. The Morgan fingerprint density at radius 3 is 2.20 bits per heavy atom. The summed E-state index contributed by atoms with van der Waals surface area (Å²) in [5.41, 5.74) is 6.91. The van der Waals surface area contributed by atoms with Gasteiger partial charge in [-0.15, -0.1) is 0 Å². The lowest BCUT2D eigenvalue weighted by molar-refractivity contribution is -0.133. The van der Waals surface area contributed by atoms with Crippen molar-refractivity contribution >= 4 is 53.1 Å². The molecule has 1 aliphatic heterocycles. The van der Waals surface area contributed by atoms with E-state index in [2.05, 4.69) is 43.8 Å². The van der Waals surface area contributed by atoms with Gasteiger partial charge in [0.2, 0.25) is 41.1 Å². The van der Waals surface area contributed by atoms with Crippen molar-refractivity contribution in [2.45, 2.75) is 117 Å². The van der Waals surface area contributed by atoms with Gasteiger partial charge in [-0.3, -0.25) is 38.4 Å². The highest BCUT2D eigenvalue weighted by atomic mass is 16.6. The van der Waals surface area contributed by atoms with Crippen LogP contribution in [0.15, 0.2) is 101 Å². The van der Waals surface area contributed by atoms with Crippen LogP contribution in [-0.4, -0.2) is 135 Å². The minimum atomic E-state index is -1.11. The first-order valence-corrected chi connectivity index (χ1v) is 24.9. The van der Waals surface area contributed by atoms with Gasteiger partial charge >= 0.3 is 6.09 Å². The van der Waals surface area contributed by atoms with E-state index in [1.54, 1.807) is 56.3 Å². The number of nitrogens with two attached hydrogens (primary N) is 1. The Morgan fingerprint density at radius 2 is 1.57 bits per heavy atom. The quantitative estimate of drug-likeness (QED) is 0.0368. The molecule has 1 unspecified atom stereocenters. The van der Waals surface area contributed by atoms with Gasteiger partial charge in [0, 0.05) is 62.4 Å². The molecule has 0 aromatic heterocycles. The first-order chi connectivity index (χ1) is 35.4. The van der Waals surface area contributed by atoms with Crippen LogP contribution in [0.2, 0.25) is 0 Å². The summed E-state index contributed by atoms with van der Waals surface area (Å²) in [6, 6.07) is 6.74. The lowest BCUT2D eigenvalue weighted by atomic mass is 9.85. The van der Waals surface area contributed by atoms with E-state index < -0.39 is 109 Å². The predicted octanol–water partition coefficient (Wildman–Crippen LogP) is 1.92. The second-order valence-electron chi connectivity index (χ2n) is 19.2. The number of hydrogen-bond acceptors (Lipinski definition) is 14. The first-order valence-electron chi connectivity index (χ1n) is 24.9. The second-order valence-corrected chi connectivity index (χ2v) is 19.2. The van der Waals surface area contributed by atoms with Gasteiger partial charge in [0.15, 0.2) is 6.10 Å². The molecular formula is C54H76N8O13. The summed E-state index contributed by atoms with van der Waals surface area (Å²) >= 11 is 0. The third-order valence-electron chi connectivity index (χ3n) is 12.3. The van der Waals surface area contributed by atoms with Crippen LogP contribution in [0.25, 0.3) is 0 Å². The van der Waals surface area contributed by atoms with Gasteiger partial charge in [-0.05, 0) is 69.4 Å². The maximum absolute atomic E-state index is 14.1. The number of benzene rings is 1. The zero-order valence-electron chi connectivity index (χ0n) is 44.5. The third-order valence-corrected chi connectivity index (χ3v) is 12.3. The summed E-state index contributed by atoms with van der Waals surface area (Å²) in [6.07, 6.45) is 3.43. The van der Waals surface area contributed by atoms with Gasteiger partial charge in [0.05, 0.1) is 36.7 Å². The lowest BCUT2D eigenvalue weighted by Crippen LogP contribution is -2.56. The van der Waals surface area contributed by atoms with Crippen molar-refractivity contribution in [2.75, 3.05) is 40.4 Å². The second kappa shape index (κ2) is 30.8. The van der Waals surface area contributed by atoms with Crippen LogP contribution in [0, 0.1) is 17.8 Å². The molecule has 1 aliphatic carbocycles. The molecule has 2 bridgehead atoms. The molecule has 21 nitrogen and oxygen atoms in total. The summed E-state index contributed by atoms with van der Waals surface area (Å²) in [7, 11) is 2.85. The fourth-order valence-corrected chi connectivity index (χ4v) is 8.25. The lowest BCUT2D eigenvalue weighted by Gasteiger charge is -2.30. The molecule has 0 radical (unpaired) electrons. The van der Waals surface area contributed by atoms with Crippen LogP contribution in [0.4, 0.5) is 4.79 Å². The molecular weight excluding hydrogens is 969 g/mol. The van der Waals surface area contributed by atoms with Crippen LogP contribution in [0.3, 0.4) is 0 Å². The van der Waals surface area contributed by atoms with Crippen molar-refractivity contribution in [1.29, 1.82) is 0 Å². The van der Waals surface area contributed by atoms with Gasteiger partial charge in [-0.2, -0.15) is 0 Å². The van der Waals surface area contributed by atoms with Crippen molar-refractivity contribution in [3.8, 4) is 0 Å². The van der Waals surface area contributed by atoms with Crippen molar-refractivity contribution in [3.05, 3.63) is 107 Å². The number of fused-ring (bicyclic) bond motifs is 2. The van der Waals surface area contributed by atoms with E-state index in [0.29, 0.717) is 5.57 Å². The highest BCUT2D eigenvalue weighted by Gasteiger charge is 2.34. The Kier molecular flexibility index (Phi) is 25.5. The number of Topliss-reactive ketones (excluding diaryl/α,β-unsaturated/α-hetero) is 1. The topological polar surface area (TPSA) is 312 Å². The highest BCUT2D eigenvalue weighted by Crippen LogP contribution is 2.29. The summed E-state index contributed by atoms with van der Waals surface area (Å²) in [5.74, 6) is -5.76. The molecule has 0 fully saturated rings. The summed E-state index contributed by atoms with van der Waals surface area (Å²) < 4.78 is 16.7. The molecule has 3 rings (SSSR count). The summed E-state index contributed by atoms with van der Waals surface area (Å²) in [5, 5.41) is 30.2. The van der Waals surface area contributed by atoms with E-state index in [4.69, 9.17) is 19.9 Å². The highest BCUT2D eigenvalue weighted by molar-refractivity contribution is 6.23. The summed E-state index contributed by atoms with van der Waals surface area (Å²) in [4.78, 5) is 118. The average molecular weight is 1050 g/mol. The van der Waals surface area contributed by atoms with Crippen LogP contribution >= 0.6 is 0 Å². The van der Waals surface area contributed by atoms with Crippen LogP contribution in [-0.2, 0) is 59.0 Å². The Hall–Kier alpha value is -7.23. The van der Waals surface area contributed by atoms with Crippen molar-refractivity contribution < 1.29 is 62.5 Å². The predicted molar refractivity (Wildman–Crippen MR) is 279 cm³/mol. The normalized spacial score (nSPS) is 23.3. The molecule has 10 N–H and O–H groups in total. The van der Waals surface area contributed by atoms with E-state index in [1.165, 1.54) is 40.2 Å². The third kappa shape index (κ3) is 20.5. The number of rotatable bonds is 21. The van der Waals surface area contributed by atoms with E-state index in [-0.39, 0.29) is 85.1 Å². The molecule has 21 heteroatoms. The van der Waals surface area contributed by atoms with Gasteiger partial charge in [-0.1, -0.05) is 88.9 Å². The minimum absolute atomic E-state index is 0.00966. The number of nitrogens with one attached hydrogen (secondary N) is 7. The monoisotopic (exact) mass is 1040 g/mol. The zero-order valence-corrected chi connectivity index (χ0v) is 44.5. The molecule has 0 spiro atoms. The van der Waals surface area contributed by atoms with Crippen molar-refractivity contribution in [2.24, 2.45) is 23.5 Å². The van der Waals surface area contributed by atoms with Gasteiger partial charge in [0.25, 0.3) is 5.91 Å². The zero-order chi connectivity index (χ0) is 55.9. The molecule has 1 aromatic carbocycles. The molecule has 1 heterocycles. The van der Waals surface area contributed by atoms with E-state index in [0.717, 1.165) is 11.6 Å². The van der Waals surface area contributed by atoms with Crippen LogP contribution < -0.4 is 43.0 Å². The Balaban J connectivity index is 1.73. The fourth-order valence-electron chi connectivity index (χ4n) is 8.25. The van der Waals surface area contributed by atoms with Gasteiger partial charge in [0.1, 0.15) is 18.2 Å². The number of ether oxygens (including phenoxy) is 3. The number of ketones is 2. The Morgan fingerprint density at radius 1 is 0.893 bits per heavy atom. The van der Waals surface area contributed by atoms with Crippen molar-refractivity contribution in [3.63, 3.8) is 0 Å². The molecule has 7 amide bonds. The van der Waals surface area contributed by atoms with Crippen molar-refractivity contribution in [1.82, 2.24) is 37.2 Å². The average Bonchev–Trinajstić information content (AvgIpc) is 3.35. The fraction of sp³-hybridized carbons (Fsp3) is 0.500. The number of carbonyl (C=O) groups excluding carboxylic acids is 9. The number of aliphatic hydroxyl groups excluding tert-OH is 1. The van der Waals surface area contributed by atoms with E-state index in [9.17, 15) is 48.3 Å². The van der Waals surface area contributed by atoms with Crippen LogP contribution in [0.1, 0.15) is 79.7 Å². The number of primary amides is 1. The van der Waals surface area contributed by atoms with E-state index in [1.807, 2.05) is 20.8 Å². The number of aliphatic hydroxyl groups is 1. The number of methoxy groups -OCH3 is 2. The Bertz CT molecular complexity index is 2410. The molecule has 8 atom stereocenters. The first kappa shape index (κ1) is 62.1. The number of hydrogen-bond donors (Lipinski definition) is 9. The van der Waals surface area contributed by atoms with Crippen LogP contribution in [0.5, 0.6) is 0 Å². The standard InChI is InChI=1S/C54H76N8O13/c1-30(2)22-39(62-53(71)40(26-36-17-12-11-13-18-36)60-45(65)29-58-50(68)31(3)4)52(70)59-28-44(64)56-20-15-21-57-46-37-23-32(5)24-43(74-10)47(66)34(7)25-35(8)49(75-54(55)72)42(73-9)19-14-16-33(6)51(69)61-38(48(37)67)27-41(46)63/h11-14,16-19,25,27,30,32,34,39-40,42-43,47,49,57,66H,3,15,20-24,26,28-29H2,1-2,4-10H3,(H2,55,72)(H,56,64)(H,58,68)(H,59,70)(H,60,65)(H,61,69)(H,62,71)/b19-14-,33-16+,35-25+/t32-,34+,39+,40+,42?,43+,47-,49+/m1/s1. The number of carbonyl (C=O) groups is 9. The Labute approximate surface area is 439 Å². The maximum atomic E-state index is 14.1. The van der Waals surface area contributed by atoms with Gasteiger partial charge in [-0.25, -0.2) is 4.79 Å². The molecule has 0 saturated carbocycles. The largest absolute Gasteiger partial charge is 0.439 e. The molecule has 0 saturated heterocycles. The molecule has 2 aliphatic rings. The SMILES string of the molecule is C=C(C)C(=O)NCC(=O)N[C@@H](Cc1ccccc1)C(=O)N[C@@H](CC(C)C)C(=O)NCC(=O)NCCCNC1=C2C[C@@H](C)C[C@H](OC)[C@H](O)[C@@H](C)/C=C(\C)[C@H](OC(N)=O)C(OC)/C=C\C=C(/C)C(=O)NC(=CC1=O)C2=O. The number of amides is 7.